The molecule has 0 fully saturated rings. The van der Waals surface area contributed by atoms with Gasteiger partial charge in [0.1, 0.15) is 30.9 Å². The van der Waals surface area contributed by atoms with Gasteiger partial charge in [0.2, 0.25) is 0 Å². The zero-order valence-corrected chi connectivity index (χ0v) is 18.2. The first kappa shape index (κ1) is 21.7. The van der Waals surface area contributed by atoms with E-state index in [1.54, 1.807) is 7.11 Å². The fourth-order valence-electron chi connectivity index (χ4n) is 3.81. The summed E-state index contributed by atoms with van der Waals surface area (Å²) in [6, 6.07) is 25.1. The van der Waals surface area contributed by atoms with Gasteiger partial charge in [-0.1, -0.05) is 48.5 Å². The number of hydrogen-bond donors (Lipinski definition) is 1. The van der Waals surface area contributed by atoms with Gasteiger partial charge in [-0.15, -0.1) is 0 Å². The van der Waals surface area contributed by atoms with Crippen molar-refractivity contribution >= 4 is 11.6 Å². The molecule has 0 radical (unpaired) electrons. The first-order valence-corrected chi connectivity index (χ1v) is 10.8. The van der Waals surface area contributed by atoms with E-state index in [0.29, 0.717) is 31.9 Å². The number of carbonyl (C=O) groups is 1. The van der Waals surface area contributed by atoms with Gasteiger partial charge in [0, 0.05) is 31.5 Å². The SMILES string of the molecule is COCCCN1C(=O)c2ccccc2NC1c1ccccc1OCCOc1ccccc1. The van der Waals surface area contributed by atoms with Gasteiger partial charge < -0.3 is 24.4 Å². The molecule has 6 heteroatoms. The van der Waals surface area contributed by atoms with Crippen LogP contribution in [-0.4, -0.2) is 44.3 Å². The van der Waals surface area contributed by atoms with Crippen molar-refractivity contribution in [3.63, 3.8) is 0 Å². The monoisotopic (exact) mass is 432 g/mol. The zero-order chi connectivity index (χ0) is 22.2. The van der Waals surface area contributed by atoms with Crippen LogP contribution < -0.4 is 14.8 Å². The van der Waals surface area contributed by atoms with Crippen molar-refractivity contribution in [1.29, 1.82) is 0 Å². The highest BCUT2D eigenvalue weighted by atomic mass is 16.5. The van der Waals surface area contributed by atoms with Gasteiger partial charge in [-0.05, 0) is 36.8 Å². The molecule has 0 saturated heterocycles. The summed E-state index contributed by atoms with van der Waals surface area (Å²) in [4.78, 5) is 15.2. The van der Waals surface area contributed by atoms with Crippen LogP contribution in [0.1, 0.15) is 28.5 Å². The van der Waals surface area contributed by atoms with Gasteiger partial charge in [0.15, 0.2) is 0 Å². The molecule has 166 valence electrons. The molecule has 0 aromatic heterocycles. The number of nitrogens with one attached hydrogen (secondary N) is 1. The average molecular weight is 433 g/mol. The number of carbonyl (C=O) groups excluding carboxylic acids is 1. The van der Waals surface area contributed by atoms with Crippen LogP contribution in [0, 0.1) is 0 Å². The van der Waals surface area contributed by atoms with Crippen LogP contribution in [0.15, 0.2) is 78.9 Å². The van der Waals surface area contributed by atoms with E-state index in [2.05, 4.69) is 5.32 Å². The molecule has 1 heterocycles. The molecule has 0 spiro atoms. The van der Waals surface area contributed by atoms with Crippen LogP contribution in [-0.2, 0) is 4.74 Å². The van der Waals surface area contributed by atoms with E-state index in [1.165, 1.54) is 0 Å². The number of nitrogens with zero attached hydrogens (tertiary/aromatic N) is 1. The summed E-state index contributed by atoms with van der Waals surface area (Å²) in [5.41, 5.74) is 2.41. The van der Waals surface area contributed by atoms with Crippen LogP contribution >= 0.6 is 0 Å². The lowest BCUT2D eigenvalue weighted by Gasteiger charge is -2.38. The summed E-state index contributed by atoms with van der Waals surface area (Å²) in [7, 11) is 1.67. The summed E-state index contributed by atoms with van der Waals surface area (Å²) >= 11 is 0. The van der Waals surface area contributed by atoms with Gasteiger partial charge in [-0.2, -0.15) is 0 Å². The Hall–Kier alpha value is -3.51. The number of methoxy groups -OCH3 is 1. The van der Waals surface area contributed by atoms with Crippen LogP contribution in [0.5, 0.6) is 11.5 Å². The molecule has 0 saturated carbocycles. The third kappa shape index (κ3) is 5.03. The van der Waals surface area contributed by atoms with Gasteiger partial charge in [-0.25, -0.2) is 0 Å². The molecule has 6 nitrogen and oxygen atoms in total. The summed E-state index contributed by atoms with van der Waals surface area (Å²) in [6.45, 7) is 1.99. The minimum Gasteiger partial charge on any atom is -0.490 e. The predicted molar refractivity (Wildman–Crippen MR) is 124 cm³/mol. The number of anilines is 1. The summed E-state index contributed by atoms with van der Waals surface area (Å²) in [5, 5.41) is 3.53. The van der Waals surface area contributed by atoms with Gasteiger partial charge in [-0.3, -0.25) is 4.79 Å². The molecule has 1 amide bonds. The highest BCUT2D eigenvalue weighted by Gasteiger charge is 2.33. The molecule has 1 aliphatic heterocycles. The highest BCUT2D eigenvalue weighted by molar-refractivity contribution is 6.01. The fraction of sp³-hybridized carbons (Fsp3) is 0.269. The average Bonchev–Trinajstić information content (AvgIpc) is 2.84. The van der Waals surface area contributed by atoms with Crippen LogP contribution in [0.4, 0.5) is 5.69 Å². The van der Waals surface area contributed by atoms with Crippen molar-refractivity contribution < 1.29 is 19.0 Å². The Morgan fingerprint density at radius 2 is 1.56 bits per heavy atom. The Morgan fingerprint density at radius 3 is 2.41 bits per heavy atom. The fourth-order valence-corrected chi connectivity index (χ4v) is 3.81. The number of benzene rings is 3. The molecule has 1 unspecified atom stereocenters. The first-order chi connectivity index (χ1) is 15.8. The quantitative estimate of drug-likeness (QED) is 0.469. The molecule has 0 aliphatic carbocycles. The van der Waals surface area contributed by atoms with Crippen molar-refractivity contribution in [3.05, 3.63) is 90.0 Å². The normalized spacial score (nSPS) is 15.1. The minimum atomic E-state index is -0.333. The van der Waals surface area contributed by atoms with Crippen molar-refractivity contribution in [2.45, 2.75) is 12.6 Å². The zero-order valence-electron chi connectivity index (χ0n) is 18.2. The predicted octanol–water partition coefficient (Wildman–Crippen LogP) is 4.75. The second-order valence-corrected chi connectivity index (χ2v) is 7.49. The van der Waals surface area contributed by atoms with E-state index in [0.717, 1.165) is 29.2 Å². The number of rotatable bonds is 10. The molecular weight excluding hydrogens is 404 g/mol. The molecule has 3 aromatic carbocycles. The maximum absolute atomic E-state index is 13.3. The standard InChI is InChI=1S/C26H28N2O4/c1-30-17-9-16-28-25(27-23-14-7-5-12-21(23)26(28)29)22-13-6-8-15-24(22)32-19-18-31-20-10-3-2-4-11-20/h2-8,10-15,25,27H,9,16-19H2,1H3. The van der Waals surface area contributed by atoms with E-state index in [4.69, 9.17) is 14.2 Å². The molecule has 4 rings (SSSR count). The summed E-state index contributed by atoms with van der Waals surface area (Å²) < 4.78 is 17.0. The van der Waals surface area contributed by atoms with Crippen molar-refractivity contribution in [2.75, 3.05) is 38.8 Å². The second kappa shape index (κ2) is 10.7. The van der Waals surface area contributed by atoms with Gasteiger partial charge in [0.25, 0.3) is 5.91 Å². The number of para-hydroxylation sites is 3. The van der Waals surface area contributed by atoms with Crippen LogP contribution in [0.25, 0.3) is 0 Å². The largest absolute Gasteiger partial charge is 0.490 e. The van der Waals surface area contributed by atoms with E-state index >= 15 is 0 Å². The Kier molecular flexibility index (Phi) is 7.25. The molecule has 32 heavy (non-hydrogen) atoms. The van der Waals surface area contributed by atoms with Gasteiger partial charge in [0.05, 0.1) is 5.56 Å². The summed E-state index contributed by atoms with van der Waals surface area (Å²) in [6.07, 6.45) is 0.414. The number of ether oxygens (including phenoxy) is 3. The lowest BCUT2D eigenvalue weighted by Crippen LogP contribution is -2.43. The number of amides is 1. The van der Waals surface area contributed by atoms with E-state index in [1.807, 2.05) is 83.8 Å². The van der Waals surface area contributed by atoms with Crippen LogP contribution in [0.3, 0.4) is 0 Å². The third-order valence-electron chi connectivity index (χ3n) is 5.34. The van der Waals surface area contributed by atoms with Crippen molar-refractivity contribution in [3.8, 4) is 11.5 Å². The third-order valence-corrected chi connectivity index (χ3v) is 5.34. The van der Waals surface area contributed by atoms with Gasteiger partial charge >= 0.3 is 0 Å². The van der Waals surface area contributed by atoms with E-state index in [-0.39, 0.29) is 12.1 Å². The maximum Gasteiger partial charge on any atom is 0.257 e. The van der Waals surface area contributed by atoms with Crippen molar-refractivity contribution in [1.82, 2.24) is 4.90 Å². The van der Waals surface area contributed by atoms with Crippen molar-refractivity contribution in [2.24, 2.45) is 0 Å². The summed E-state index contributed by atoms with van der Waals surface area (Å²) in [5.74, 6) is 1.54. The van der Waals surface area contributed by atoms with Crippen LogP contribution in [0.2, 0.25) is 0 Å². The molecular formula is C26H28N2O4. The molecule has 0 bridgehead atoms. The molecule has 1 aliphatic rings. The highest BCUT2D eigenvalue weighted by Crippen LogP contribution is 2.36. The topological polar surface area (TPSA) is 60.0 Å². The molecule has 1 N–H and O–H groups in total. The van der Waals surface area contributed by atoms with E-state index < -0.39 is 0 Å². The second-order valence-electron chi connectivity index (χ2n) is 7.49. The maximum atomic E-state index is 13.3. The molecule has 3 aromatic rings. The lowest BCUT2D eigenvalue weighted by molar-refractivity contribution is 0.0657. The minimum absolute atomic E-state index is 0.00247. The lowest BCUT2D eigenvalue weighted by atomic mass is 10.0. The molecule has 1 atom stereocenters. The van der Waals surface area contributed by atoms with E-state index in [9.17, 15) is 4.79 Å². The Balaban J connectivity index is 1.52. The first-order valence-electron chi connectivity index (χ1n) is 10.8. The Bertz CT molecular complexity index is 1030. The Labute approximate surface area is 188 Å². The Morgan fingerprint density at radius 1 is 0.844 bits per heavy atom. The number of fused-ring (bicyclic) bond motifs is 1. The smallest absolute Gasteiger partial charge is 0.257 e. The number of hydrogen-bond acceptors (Lipinski definition) is 5.